The van der Waals surface area contributed by atoms with Crippen molar-refractivity contribution in [2.75, 3.05) is 18.4 Å². The quantitative estimate of drug-likeness (QED) is 0.812. The van der Waals surface area contributed by atoms with Crippen LogP contribution in [0.2, 0.25) is 0 Å². The predicted octanol–water partition coefficient (Wildman–Crippen LogP) is 3.13. The highest BCUT2D eigenvalue weighted by atomic mass is 35.5. The number of Topliss-reactive ketones (excluding diaryl/α,β-unsaturated/α-hetero) is 1. The van der Waals surface area contributed by atoms with E-state index in [0.29, 0.717) is 12.8 Å². The Bertz CT molecular complexity index is 601. The lowest BCUT2D eigenvalue weighted by Crippen LogP contribution is -2.34. The van der Waals surface area contributed by atoms with Crippen LogP contribution in [-0.4, -0.2) is 24.8 Å². The van der Waals surface area contributed by atoms with E-state index in [2.05, 4.69) is 17.6 Å². The van der Waals surface area contributed by atoms with Crippen molar-refractivity contribution in [2.45, 2.75) is 45.4 Å². The molecule has 0 bridgehead atoms. The van der Waals surface area contributed by atoms with Crippen molar-refractivity contribution >= 4 is 29.8 Å². The molecule has 3 rings (SSSR count). The lowest BCUT2D eigenvalue weighted by molar-refractivity contribution is -0.116. The fourth-order valence-corrected chi connectivity index (χ4v) is 3.48. The molecule has 4 nitrogen and oxygen atoms in total. The zero-order valence-electron chi connectivity index (χ0n) is 13.6. The molecule has 23 heavy (non-hydrogen) atoms. The number of unbranched alkanes of at least 4 members (excludes halogenated alkanes) is 1. The summed E-state index contributed by atoms with van der Waals surface area (Å²) in [7, 11) is 0. The summed E-state index contributed by atoms with van der Waals surface area (Å²) in [5.74, 6) is 0.389. The van der Waals surface area contributed by atoms with Gasteiger partial charge in [-0.1, -0.05) is 19.4 Å². The van der Waals surface area contributed by atoms with E-state index in [0.717, 1.165) is 54.7 Å². The van der Waals surface area contributed by atoms with Gasteiger partial charge in [0.25, 0.3) is 0 Å². The molecule has 1 aromatic rings. The molecule has 0 aromatic heterocycles. The van der Waals surface area contributed by atoms with E-state index >= 15 is 0 Å². The summed E-state index contributed by atoms with van der Waals surface area (Å²) < 4.78 is 0. The number of nitrogens with one attached hydrogen (secondary N) is 2. The van der Waals surface area contributed by atoms with Gasteiger partial charge in [0, 0.05) is 30.1 Å². The number of halogens is 1. The fourth-order valence-electron chi connectivity index (χ4n) is 3.48. The van der Waals surface area contributed by atoms with Crippen LogP contribution in [0, 0.1) is 5.92 Å². The molecule has 1 atom stereocenters. The molecule has 1 unspecified atom stereocenters. The number of ketones is 1. The van der Waals surface area contributed by atoms with E-state index in [1.807, 2.05) is 12.1 Å². The molecule has 2 N–H and O–H groups in total. The predicted molar refractivity (Wildman–Crippen MR) is 94.6 cm³/mol. The molecule has 0 spiro atoms. The Morgan fingerprint density at radius 2 is 2.04 bits per heavy atom. The van der Waals surface area contributed by atoms with Gasteiger partial charge in [-0.15, -0.1) is 12.4 Å². The third-order valence-electron chi connectivity index (χ3n) is 4.75. The average Bonchev–Trinajstić information content (AvgIpc) is 2.52. The van der Waals surface area contributed by atoms with E-state index in [1.165, 1.54) is 6.42 Å². The van der Waals surface area contributed by atoms with Crippen molar-refractivity contribution in [1.82, 2.24) is 5.32 Å². The maximum Gasteiger partial charge on any atom is 0.224 e. The van der Waals surface area contributed by atoms with Gasteiger partial charge in [-0.05, 0) is 49.4 Å². The lowest BCUT2D eigenvalue weighted by atomic mass is 9.78. The molecule has 1 aliphatic carbocycles. The number of hydrogen-bond acceptors (Lipinski definition) is 3. The number of carbonyl (C=O) groups is 2. The maximum atomic E-state index is 12.9. The van der Waals surface area contributed by atoms with Crippen LogP contribution in [0.1, 0.15) is 54.1 Å². The Morgan fingerprint density at radius 3 is 2.83 bits per heavy atom. The molecular formula is C18H25ClN2O2. The molecule has 1 aromatic carbocycles. The smallest absolute Gasteiger partial charge is 0.224 e. The first-order chi connectivity index (χ1) is 10.7. The summed E-state index contributed by atoms with van der Waals surface area (Å²) in [4.78, 5) is 24.4. The summed E-state index contributed by atoms with van der Waals surface area (Å²) in [5.41, 5.74) is 3.94. The second-order valence-corrected chi connectivity index (χ2v) is 6.33. The van der Waals surface area contributed by atoms with Gasteiger partial charge in [-0.2, -0.15) is 0 Å². The third kappa shape index (κ3) is 3.75. The van der Waals surface area contributed by atoms with Crippen LogP contribution in [-0.2, 0) is 17.6 Å². The Kier molecular flexibility index (Phi) is 6.19. The number of hydrogen-bond donors (Lipinski definition) is 2. The summed E-state index contributed by atoms with van der Waals surface area (Å²) in [5, 5.41) is 6.31. The minimum absolute atomic E-state index is 0. The number of carbonyl (C=O) groups excluding carboxylic acids is 2. The van der Waals surface area contributed by atoms with Crippen LogP contribution in [0.25, 0.3) is 0 Å². The van der Waals surface area contributed by atoms with Crippen LogP contribution in [0.5, 0.6) is 0 Å². The standard InChI is InChI=1S/C18H24N2O2.ClH/c1-2-3-10-19-11-13-5-4-12-6-8-15-14(17(12)18(13)22)7-9-16(21)20-15;/h6,8,13,19H,2-5,7,9-11H2,1H3,(H,20,21);1H. The van der Waals surface area contributed by atoms with E-state index in [4.69, 9.17) is 0 Å². The van der Waals surface area contributed by atoms with E-state index in [-0.39, 0.29) is 30.0 Å². The van der Waals surface area contributed by atoms with Gasteiger partial charge < -0.3 is 10.6 Å². The van der Waals surface area contributed by atoms with Crippen LogP contribution in [0.3, 0.4) is 0 Å². The Balaban J connectivity index is 0.00000192. The summed E-state index contributed by atoms with van der Waals surface area (Å²) >= 11 is 0. The molecule has 0 saturated carbocycles. The number of amides is 1. The zero-order valence-corrected chi connectivity index (χ0v) is 14.4. The number of rotatable bonds is 5. The van der Waals surface area contributed by atoms with Crippen LogP contribution >= 0.6 is 12.4 Å². The molecular weight excluding hydrogens is 312 g/mol. The van der Waals surface area contributed by atoms with Crippen molar-refractivity contribution < 1.29 is 9.59 Å². The second-order valence-electron chi connectivity index (χ2n) is 6.33. The van der Waals surface area contributed by atoms with Crippen molar-refractivity contribution in [1.29, 1.82) is 0 Å². The van der Waals surface area contributed by atoms with Gasteiger partial charge in [0.2, 0.25) is 5.91 Å². The van der Waals surface area contributed by atoms with Crippen molar-refractivity contribution in [3.63, 3.8) is 0 Å². The highest BCUT2D eigenvalue weighted by Gasteiger charge is 2.31. The van der Waals surface area contributed by atoms with Gasteiger partial charge in [0.1, 0.15) is 0 Å². The highest BCUT2D eigenvalue weighted by molar-refractivity contribution is 6.05. The minimum atomic E-state index is 0. The van der Waals surface area contributed by atoms with Crippen molar-refractivity contribution in [2.24, 2.45) is 5.92 Å². The molecule has 5 heteroatoms. The van der Waals surface area contributed by atoms with Gasteiger partial charge in [-0.25, -0.2) is 0 Å². The number of benzene rings is 1. The molecule has 126 valence electrons. The van der Waals surface area contributed by atoms with Crippen LogP contribution in [0.15, 0.2) is 12.1 Å². The normalized spacial score (nSPS) is 19.4. The average molecular weight is 337 g/mol. The minimum Gasteiger partial charge on any atom is -0.326 e. The molecule has 0 radical (unpaired) electrons. The lowest BCUT2D eigenvalue weighted by Gasteiger charge is -2.28. The highest BCUT2D eigenvalue weighted by Crippen LogP contribution is 2.34. The van der Waals surface area contributed by atoms with E-state index in [1.54, 1.807) is 0 Å². The number of aryl methyl sites for hydroxylation is 1. The Morgan fingerprint density at radius 1 is 1.22 bits per heavy atom. The Hall–Kier alpha value is -1.39. The van der Waals surface area contributed by atoms with Crippen molar-refractivity contribution in [3.05, 3.63) is 28.8 Å². The SMILES string of the molecule is CCCCNCC1CCc2ccc3c(c2C1=O)CCC(=O)N3.Cl. The monoisotopic (exact) mass is 336 g/mol. The topological polar surface area (TPSA) is 58.2 Å². The molecule has 2 aliphatic rings. The fraction of sp³-hybridized carbons (Fsp3) is 0.556. The van der Waals surface area contributed by atoms with Gasteiger partial charge in [0.15, 0.2) is 5.78 Å². The van der Waals surface area contributed by atoms with Gasteiger partial charge in [-0.3, -0.25) is 9.59 Å². The largest absolute Gasteiger partial charge is 0.326 e. The van der Waals surface area contributed by atoms with Crippen LogP contribution in [0.4, 0.5) is 5.69 Å². The third-order valence-corrected chi connectivity index (χ3v) is 4.75. The molecule has 1 amide bonds. The number of anilines is 1. The maximum absolute atomic E-state index is 12.9. The zero-order chi connectivity index (χ0) is 15.5. The molecule has 1 heterocycles. The summed E-state index contributed by atoms with van der Waals surface area (Å²) in [6.07, 6.45) is 5.38. The Labute approximate surface area is 143 Å². The summed E-state index contributed by atoms with van der Waals surface area (Å²) in [6, 6.07) is 3.97. The van der Waals surface area contributed by atoms with Gasteiger partial charge in [0.05, 0.1) is 0 Å². The summed E-state index contributed by atoms with van der Waals surface area (Å²) in [6.45, 7) is 3.93. The first-order valence-electron chi connectivity index (χ1n) is 8.40. The number of fused-ring (bicyclic) bond motifs is 3. The van der Waals surface area contributed by atoms with Crippen LogP contribution < -0.4 is 10.6 Å². The first kappa shape index (κ1) is 18.0. The molecule has 0 saturated heterocycles. The van der Waals surface area contributed by atoms with Gasteiger partial charge >= 0.3 is 0 Å². The van der Waals surface area contributed by atoms with E-state index < -0.39 is 0 Å². The second kappa shape index (κ2) is 7.93. The molecule has 0 fully saturated rings. The van der Waals surface area contributed by atoms with E-state index in [9.17, 15) is 9.59 Å². The first-order valence-corrected chi connectivity index (χ1v) is 8.40. The molecule has 1 aliphatic heterocycles. The van der Waals surface area contributed by atoms with Crippen molar-refractivity contribution in [3.8, 4) is 0 Å².